The van der Waals surface area contributed by atoms with E-state index in [0.29, 0.717) is 17.8 Å². The van der Waals surface area contributed by atoms with E-state index in [9.17, 15) is 18.3 Å². The summed E-state index contributed by atoms with van der Waals surface area (Å²) >= 11 is 5.86. The predicted molar refractivity (Wildman–Crippen MR) is 72.6 cm³/mol. The van der Waals surface area contributed by atoms with Crippen molar-refractivity contribution in [3.05, 3.63) is 35.4 Å². The molecule has 0 radical (unpaired) electrons. The molecule has 0 aromatic heterocycles. The topological polar surface area (TPSA) is 32.3 Å². The van der Waals surface area contributed by atoms with Crippen molar-refractivity contribution in [1.29, 1.82) is 0 Å². The van der Waals surface area contributed by atoms with Crippen molar-refractivity contribution < 1.29 is 18.3 Å². The molecule has 2 aromatic rings. The minimum absolute atomic E-state index is 0.0469. The number of hydrogen-bond donors (Lipinski definition) is 2. The van der Waals surface area contributed by atoms with Crippen LogP contribution in [0.25, 0.3) is 10.8 Å². The van der Waals surface area contributed by atoms with Gasteiger partial charge in [-0.05, 0) is 11.6 Å². The molecule has 1 aliphatic rings. The van der Waals surface area contributed by atoms with E-state index in [1.54, 1.807) is 0 Å². The van der Waals surface area contributed by atoms with Crippen LogP contribution in [0.5, 0.6) is 5.75 Å². The summed E-state index contributed by atoms with van der Waals surface area (Å²) < 4.78 is 39.6. The molecule has 1 heterocycles. The van der Waals surface area contributed by atoms with Crippen LogP contribution in [0.15, 0.2) is 24.3 Å². The van der Waals surface area contributed by atoms with Gasteiger partial charge >= 0.3 is 6.18 Å². The lowest BCUT2D eigenvalue weighted by molar-refractivity contribution is -0.136. The molecule has 6 heteroatoms. The number of anilines is 1. The number of rotatable bonds is 1. The van der Waals surface area contributed by atoms with E-state index in [0.717, 1.165) is 6.07 Å². The van der Waals surface area contributed by atoms with Crippen molar-refractivity contribution in [3.63, 3.8) is 0 Å². The summed E-state index contributed by atoms with van der Waals surface area (Å²) in [6, 6.07) is 5.29. The van der Waals surface area contributed by atoms with Gasteiger partial charge in [0.1, 0.15) is 5.75 Å². The van der Waals surface area contributed by atoms with Crippen molar-refractivity contribution in [2.45, 2.75) is 12.1 Å². The van der Waals surface area contributed by atoms with E-state index >= 15 is 0 Å². The monoisotopic (exact) mass is 301 g/mol. The SMILES string of the molecule is Oc1cc2c(c3c(C(F)(F)F)cccc13)C(CCl)CN2. The maximum Gasteiger partial charge on any atom is 0.417 e. The van der Waals surface area contributed by atoms with Crippen molar-refractivity contribution in [2.24, 2.45) is 0 Å². The number of hydrogen-bond acceptors (Lipinski definition) is 2. The Bertz CT molecular complexity index is 684. The van der Waals surface area contributed by atoms with E-state index in [1.807, 2.05) is 0 Å². The third-order valence-corrected chi connectivity index (χ3v) is 3.99. The van der Waals surface area contributed by atoms with Gasteiger partial charge in [-0.3, -0.25) is 0 Å². The lowest BCUT2D eigenvalue weighted by atomic mass is 9.92. The highest BCUT2D eigenvalue weighted by Gasteiger charge is 2.36. The second kappa shape index (κ2) is 4.45. The zero-order valence-corrected chi connectivity index (χ0v) is 11.0. The zero-order valence-electron chi connectivity index (χ0n) is 10.3. The van der Waals surface area contributed by atoms with E-state index in [1.165, 1.54) is 18.2 Å². The quantitative estimate of drug-likeness (QED) is 0.769. The van der Waals surface area contributed by atoms with Crippen LogP contribution in [0.4, 0.5) is 18.9 Å². The van der Waals surface area contributed by atoms with Crippen molar-refractivity contribution in [1.82, 2.24) is 0 Å². The Hall–Kier alpha value is -1.62. The number of alkyl halides is 4. The highest BCUT2D eigenvalue weighted by Crippen LogP contribution is 2.46. The van der Waals surface area contributed by atoms with Gasteiger partial charge in [0.15, 0.2) is 0 Å². The van der Waals surface area contributed by atoms with Gasteiger partial charge < -0.3 is 10.4 Å². The Balaban J connectivity index is 2.44. The van der Waals surface area contributed by atoms with Crippen LogP contribution in [0.1, 0.15) is 17.0 Å². The lowest BCUT2D eigenvalue weighted by Crippen LogP contribution is -2.08. The van der Waals surface area contributed by atoms with Gasteiger partial charge in [-0.2, -0.15) is 13.2 Å². The Morgan fingerprint density at radius 2 is 2.10 bits per heavy atom. The normalized spacial score (nSPS) is 18.1. The van der Waals surface area contributed by atoms with Crippen LogP contribution < -0.4 is 5.32 Å². The molecular weight excluding hydrogens is 291 g/mol. The summed E-state index contributed by atoms with van der Waals surface area (Å²) in [5.74, 6) is -0.127. The molecule has 2 N–H and O–H groups in total. The first-order chi connectivity index (χ1) is 9.43. The van der Waals surface area contributed by atoms with Crippen LogP contribution in [0.2, 0.25) is 0 Å². The fourth-order valence-corrected chi connectivity index (χ4v) is 3.02. The second-order valence-corrected chi connectivity index (χ2v) is 5.12. The zero-order chi connectivity index (χ0) is 14.5. The standard InChI is InChI=1S/C14H11ClF3NO/c15-5-7-6-19-10-4-11(20)8-2-1-3-9(14(16,17)18)13(8)12(7)10/h1-4,7,19-20H,5-6H2. The molecule has 0 saturated heterocycles. The smallest absolute Gasteiger partial charge is 0.417 e. The molecule has 106 valence electrons. The molecule has 3 rings (SSSR count). The van der Waals surface area contributed by atoms with Gasteiger partial charge in [-0.25, -0.2) is 0 Å². The molecule has 0 aliphatic carbocycles. The first kappa shape index (κ1) is 13.4. The maximum atomic E-state index is 13.2. The lowest BCUT2D eigenvalue weighted by Gasteiger charge is -2.16. The Kier molecular flexibility index (Phi) is 2.97. The number of benzene rings is 2. The van der Waals surface area contributed by atoms with Crippen LogP contribution in [-0.2, 0) is 6.18 Å². The number of halogens is 4. The fourth-order valence-electron chi connectivity index (χ4n) is 2.76. The number of nitrogens with one attached hydrogen (secondary N) is 1. The molecule has 0 bridgehead atoms. The van der Waals surface area contributed by atoms with Crippen LogP contribution >= 0.6 is 11.6 Å². The number of aromatic hydroxyl groups is 1. The van der Waals surface area contributed by atoms with E-state index in [4.69, 9.17) is 11.6 Å². The van der Waals surface area contributed by atoms with Crippen molar-refractivity contribution in [2.75, 3.05) is 17.7 Å². The predicted octanol–water partition coefficient (Wildman–Crippen LogP) is 4.31. The summed E-state index contributed by atoms with van der Waals surface area (Å²) in [5, 5.41) is 13.2. The Morgan fingerprint density at radius 1 is 1.35 bits per heavy atom. The summed E-state index contributed by atoms with van der Waals surface area (Å²) in [5.41, 5.74) is 0.332. The third kappa shape index (κ3) is 1.88. The van der Waals surface area contributed by atoms with E-state index in [2.05, 4.69) is 5.32 Å². The van der Waals surface area contributed by atoms with E-state index in [-0.39, 0.29) is 28.3 Å². The van der Waals surface area contributed by atoms with Crippen LogP contribution in [0.3, 0.4) is 0 Å². The molecule has 1 aliphatic heterocycles. The molecule has 1 unspecified atom stereocenters. The van der Waals surface area contributed by atoms with Gasteiger partial charge in [0.25, 0.3) is 0 Å². The first-order valence-electron chi connectivity index (χ1n) is 6.09. The molecule has 20 heavy (non-hydrogen) atoms. The van der Waals surface area contributed by atoms with Gasteiger partial charge in [-0.1, -0.05) is 12.1 Å². The summed E-state index contributed by atoms with van der Waals surface area (Å²) in [6.07, 6.45) is -4.47. The van der Waals surface area contributed by atoms with Crippen LogP contribution in [0, 0.1) is 0 Å². The molecule has 0 fully saturated rings. The fraction of sp³-hybridized carbons (Fsp3) is 0.286. The summed E-state index contributed by atoms with van der Waals surface area (Å²) in [4.78, 5) is 0. The molecule has 0 spiro atoms. The van der Waals surface area contributed by atoms with Gasteiger partial charge in [-0.15, -0.1) is 11.6 Å². The summed E-state index contributed by atoms with van der Waals surface area (Å²) in [7, 11) is 0. The van der Waals surface area contributed by atoms with Gasteiger partial charge in [0.05, 0.1) is 5.56 Å². The largest absolute Gasteiger partial charge is 0.507 e. The first-order valence-corrected chi connectivity index (χ1v) is 6.62. The third-order valence-electron chi connectivity index (χ3n) is 3.62. The number of phenols is 1. The van der Waals surface area contributed by atoms with Crippen molar-refractivity contribution >= 4 is 28.1 Å². The highest BCUT2D eigenvalue weighted by molar-refractivity contribution is 6.18. The average molecular weight is 302 g/mol. The van der Waals surface area contributed by atoms with Gasteiger partial charge in [0, 0.05) is 40.9 Å². The minimum Gasteiger partial charge on any atom is -0.507 e. The van der Waals surface area contributed by atoms with Crippen LogP contribution in [-0.4, -0.2) is 17.5 Å². The molecule has 0 saturated carbocycles. The molecule has 2 aromatic carbocycles. The molecule has 0 amide bonds. The Morgan fingerprint density at radius 3 is 2.75 bits per heavy atom. The van der Waals surface area contributed by atoms with E-state index < -0.39 is 11.7 Å². The molecule has 1 atom stereocenters. The van der Waals surface area contributed by atoms with Gasteiger partial charge in [0.2, 0.25) is 0 Å². The number of phenolic OH excluding ortho intramolecular Hbond substituents is 1. The molecule has 2 nitrogen and oxygen atoms in total. The van der Waals surface area contributed by atoms with Crippen molar-refractivity contribution in [3.8, 4) is 5.75 Å². The second-order valence-electron chi connectivity index (χ2n) is 4.81. The molecular formula is C14H11ClF3NO. The Labute approximate surface area is 118 Å². The average Bonchev–Trinajstić information content (AvgIpc) is 2.80. The highest BCUT2D eigenvalue weighted by atomic mass is 35.5. The minimum atomic E-state index is -4.47. The maximum absolute atomic E-state index is 13.2. The number of fused-ring (bicyclic) bond motifs is 3. The summed E-state index contributed by atoms with van der Waals surface area (Å²) in [6.45, 7) is 0.476.